The molecule has 10 rings (SSSR count). The number of fused-ring (bicyclic) bond motifs is 16. The van der Waals surface area contributed by atoms with Crippen LogP contribution in [0.1, 0.15) is 251 Å². The molecule has 4 heterocycles. The van der Waals surface area contributed by atoms with Gasteiger partial charge in [-0.15, -0.1) is 0 Å². The summed E-state index contributed by atoms with van der Waals surface area (Å²) in [5, 5.41) is 0. The van der Waals surface area contributed by atoms with E-state index in [0.717, 1.165) is 0 Å². The summed E-state index contributed by atoms with van der Waals surface area (Å²) in [6, 6.07) is 10.7. The summed E-state index contributed by atoms with van der Waals surface area (Å²) in [6.07, 6.45) is 38.1. The molecule has 0 amide bonds. The number of hydrogen-bond acceptors (Lipinski definition) is 2. The van der Waals surface area contributed by atoms with Gasteiger partial charge in [-0.05, 0) is 171 Å². The largest absolute Gasteiger partial charge is 0.365 e. The van der Waals surface area contributed by atoms with Crippen molar-refractivity contribution in [3.8, 4) is 0 Å². The molecule has 0 N–H and O–H groups in total. The first kappa shape index (κ1) is 41.6. The predicted octanol–water partition coefficient (Wildman–Crippen LogP) is 16.7. The van der Waals surface area contributed by atoms with Crippen molar-refractivity contribution in [3.63, 3.8) is 0 Å². The molecule has 8 aliphatic rings. The SMILES string of the molecule is CCCCCCc1cc2c(cc1CCCCCC)C1OC2C2CC3=C(CC4=C(C3)CC3=C(C4)CC4C5OC(c6cc(CCCCCC)c(CCCCCC)cc65)C4C3)CC12. The van der Waals surface area contributed by atoms with E-state index in [2.05, 4.69) is 52.0 Å². The zero-order valence-corrected chi connectivity index (χ0v) is 38.5. The summed E-state index contributed by atoms with van der Waals surface area (Å²) < 4.78 is 14.2. The molecule has 4 aliphatic heterocycles. The van der Waals surface area contributed by atoms with Crippen LogP contribution in [0, 0.1) is 23.7 Å². The van der Waals surface area contributed by atoms with Crippen molar-refractivity contribution in [1.29, 1.82) is 0 Å². The molecule has 2 heteroatoms. The fraction of sp³-hybridized carbons (Fsp3) is 0.690. The van der Waals surface area contributed by atoms with Gasteiger partial charge in [-0.2, -0.15) is 0 Å². The van der Waals surface area contributed by atoms with E-state index in [1.165, 1.54) is 180 Å². The zero-order chi connectivity index (χ0) is 40.7. The number of allylic oxidation sites excluding steroid dienone is 6. The summed E-state index contributed by atoms with van der Waals surface area (Å²) in [5.41, 5.74) is 24.0. The molecule has 4 aliphatic carbocycles. The van der Waals surface area contributed by atoms with E-state index in [1.807, 2.05) is 33.4 Å². The second kappa shape index (κ2) is 18.4. The van der Waals surface area contributed by atoms with Crippen LogP contribution in [0.15, 0.2) is 57.7 Å². The molecular weight excluding hydrogens is 729 g/mol. The van der Waals surface area contributed by atoms with Crippen LogP contribution in [0.2, 0.25) is 0 Å². The van der Waals surface area contributed by atoms with Crippen LogP contribution >= 0.6 is 0 Å². The van der Waals surface area contributed by atoms with E-state index >= 15 is 0 Å². The Morgan fingerprint density at radius 2 is 0.583 bits per heavy atom. The first-order valence-electron chi connectivity index (χ1n) is 26.3. The van der Waals surface area contributed by atoms with Gasteiger partial charge in [0.15, 0.2) is 0 Å². The Morgan fingerprint density at radius 3 is 0.817 bits per heavy atom. The Hall–Kier alpha value is -2.42. The van der Waals surface area contributed by atoms with E-state index in [1.54, 1.807) is 44.5 Å². The van der Waals surface area contributed by atoms with Gasteiger partial charge >= 0.3 is 0 Å². The molecule has 2 aromatic rings. The first-order valence-corrected chi connectivity index (χ1v) is 26.3. The molecular formula is C58H80O2. The second-order valence-corrected chi connectivity index (χ2v) is 21.5. The van der Waals surface area contributed by atoms with E-state index in [4.69, 9.17) is 9.47 Å². The van der Waals surface area contributed by atoms with E-state index in [9.17, 15) is 0 Å². The molecule has 2 saturated heterocycles. The highest BCUT2D eigenvalue weighted by molar-refractivity contribution is 5.52. The van der Waals surface area contributed by atoms with Crippen molar-refractivity contribution >= 4 is 0 Å². The average molecular weight is 809 g/mol. The third-order valence-electron chi connectivity index (χ3n) is 17.6. The van der Waals surface area contributed by atoms with Gasteiger partial charge in [0.05, 0.1) is 24.4 Å². The normalized spacial score (nSPS) is 29.1. The van der Waals surface area contributed by atoms with Crippen LogP contribution in [0.4, 0.5) is 0 Å². The summed E-state index contributed by atoms with van der Waals surface area (Å²) in [4.78, 5) is 0. The van der Waals surface area contributed by atoms with Crippen LogP contribution in [-0.4, -0.2) is 0 Å². The highest BCUT2D eigenvalue weighted by atomic mass is 16.5. The molecule has 8 atom stereocenters. The maximum absolute atomic E-state index is 7.10. The number of aryl methyl sites for hydroxylation is 4. The standard InChI is InChI=1S/C58H80O2/c1-5-9-13-17-21-37-29-47-48(30-38(37)22-18-14-10-6-2)56-52-34-44-26-42-28-46-36-54-53(35-45(46)27-41(42)25-43(44)33-51(52)55(47)59-56)57-49-31-39(23-19-15-11-7-3)40(24-20-16-12-8-4)32-50(49)58(54)60-57/h29-32,51-58H,5-28,33-36H2,1-4H3. The van der Waals surface area contributed by atoms with E-state index in [-0.39, 0.29) is 0 Å². The lowest BCUT2D eigenvalue weighted by Crippen LogP contribution is -2.30. The summed E-state index contributed by atoms with van der Waals surface area (Å²) in [7, 11) is 0. The monoisotopic (exact) mass is 809 g/mol. The van der Waals surface area contributed by atoms with E-state index < -0.39 is 0 Å². The molecule has 2 aromatic carbocycles. The van der Waals surface area contributed by atoms with Crippen molar-refractivity contribution in [2.24, 2.45) is 23.7 Å². The Labute approximate surface area is 365 Å². The number of ether oxygens (including phenoxy) is 2. The van der Waals surface area contributed by atoms with Crippen molar-refractivity contribution in [1.82, 2.24) is 0 Å². The maximum Gasteiger partial charge on any atom is 0.0872 e. The van der Waals surface area contributed by atoms with E-state index in [0.29, 0.717) is 48.1 Å². The Kier molecular flexibility index (Phi) is 12.7. The molecule has 2 nitrogen and oxygen atoms in total. The van der Waals surface area contributed by atoms with Crippen molar-refractivity contribution in [3.05, 3.63) is 102 Å². The number of unbranched alkanes of at least 4 members (excludes halogenated alkanes) is 12. The van der Waals surface area contributed by atoms with Crippen molar-refractivity contribution < 1.29 is 9.47 Å². The van der Waals surface area contributed by atoms with Crippen LogP contribution in [-0.2, 0) is 35.2 Å². The average Bonchev–Trinajstić information content (AvgIpc) is 4.02. The lowest BCUT2D eigenvalue weighted by Gasteiger charge is -2.43. The zero-order valence-electron chi connectivity index (χ0n) is 38.5. The van der Waals surface area contributed by atoms with Gasteiger partial charge in [-0.1, -0.05) is 162 Å². The minimum Gasteiger partial charge on any atom is -0.365 e. The molecule has 2 fully saturated rings. The first-order chi connectivity index (χ1) is 29.6. The molecule has 0 saturated carbocycles. The summed E-state index contributed by atoms with van der Waals surface area (Å²) in [5.74, 6) is 2.72. The molecule has 324 valence electrons. The third kappa shape index (κ3) is 7.81. The number of benzene rings is 2. The van der Waals surface area contributed by atoms with Gasteiger partial charge < -0.3 is 9.47 Å². The fourth-order valence-electron chi connectivity index (χ4n) is 14.4. The van der Waals surface area contributed by atoms with Crippen LogP contribution < -0.4 is 0 Å². The quantitative estimate of drug-likeness (QED) is 0.0980. The number of hydrogen-bond donors (Lipinski definition) is 0. The highest BCUT2D eigenvalue weighted by Gasteiger charge is 2.56. The van der Waals surface area contributed by atoms with Crippen LogP contribution in [0.25, 0.3) is 0 Å². The molecule has 60 heavy (non-hydrogen) atoms. The van der Waals surface area contributed by atoms with Gasteiger partial charge in [0, 0.05) is 0 Å². The summed E-state index contributed by atoms with van der Waals surface area (Å²) in [6.45, 7) is 9.35. The second-order valence-electron chi connectivity index (χ2n) is 21.5. The Bertz CT molecular complexity index is 1710. The molecule has 0 radical (unpaired) electrons. The Morgan fingerprint density at radius 1 is 0.333 bits per heavy atom. The lowest BCUT2D eigenvalue weighted by atomic mass is 9.60. The van der Waals surface area contributed by atoms with Gasteiger partial charge in [-0.3, -0.25) is 0 Å². The van der Waals surface area contributed by atoms with Gasteiger partial charge in [0.1, 0.15) is 0 Å². The molecule has 4 bridgehead atoms. The van der Waals surface area contributed by atoms with Crippen LogP contribution in [0.5, 0.6) is 0 Å². The van der Waals surface area contributed by atoms with Gasteiger partial charge in [0.2, 0.25) is 0 Å². The number of rotatable bonds is 20. The van der Waals surface area contributed by atoms with Crippen LogP contribution in [0.3, 0.4) is 0 Å². The minimum atomic E-state index is 0.327. The topological polar surface area (TPSA) is 18.5 Å². The third-order valence-corrected chi connectivity index (χ3v) is 17.6. The maximum atomic E-state index is 7.10. The molecule has 0 spiro atoms. The highest BCUT2D eigenvalue weighted by Crippen LogP contribution is 2.66. The fourth-order valence-corrected chi connectivity index (χ4v) is 14.4. The van der Waals surface area contributed by atoms with Crippen molar-refractivity contribution in [2.45, 2.75) is 232 Å². The smallest absolute Gasteiger partial charge is 0.0872 e. The predicted molar refractivity (Wildman–Crippen MR) is 249 cm³/mol. The van der Waals surface area contributed by atoms with Crippen molar-refractivity contribution in [2.75, 3.05) is 0 Å². The molecule has 8 unspecified atom stereocenters. The van der Waals surface area contributed by atoms with Gasteiger partial charge in [0.25, 0.3) is 0 Å². The van der Waals surface area contributed by atoms with Gasteiger partial charge in [-0.25, -0.2) is 0 Å². The minimum absolute atomic E-state index is 0.327. The Balaban J connectivity index is 0.818. The summed E-state index contributed by atoms with van der Waals surface area (Å²) >= 11 is 0. The lowest BCUT2D eigenvalue weighted by molar-refractivity contribution is 0.0544. The molecule has 0 aromatic heterocycles.